The Hall–Kier alpha value is -2.32. The molecule has 0 unspecified atom stereocenters. The summed E-state index contributed by atoms with van der Waals surface area (Å²) in [6, 6.07) is -2.17. The number of carbonyl (C=O) groups is 2. The van der Waals surface area contributed by atoms with Gasteiger partial charge in [-0.2, -0.15) is 0 Å². The highest BCUT2D eigenvalue weighted by Crippen LogP contribution is 2.24. The van der Waals surface area contributed by atoms with Crippen LogP contribution < -0.4 is 10.6 Å². The molecule has 2 fully saturated rings. The van der Waals surface area contributed by atoms with Crippen LogP contribution in [0.1, 0.15) is 19.5 Å². The normalized spacial score (nSPS) is 35.6. The topological polar surface area (TPSA) is 247 Å². The minimum atomic E-state index is -1.45. The van der Waals surface area contributed by atoms with E-state index in [0.717, 1.165) is 0 Å². The molecule has 0 bridgehead atoms. The summed E-state index contributed by atoms with van der Waals surface area (Å²) < 4.78 is 23.7. The van der Waals surface area contributed by atoms with Crippen LogP contribution in [0.2, 0.25) is 0 Å². The van der Waals surface area contributed by atoms with Gasteiger partial charge in [-0.25, -0.2) is 4.68 Å². The molecule has 17 heteroatoms. The number of nitrogens with zero attached hydrogens (tertiary/aromatic N) is 3. The van der Waals surface area contributed by atoms with E-state index in [0.29, 0.717) is 5.69 Å². The van der Waals surface area contributed by atoms with Gasteiger partial charge in [0, 0.05) is 13.8 Å². The van der Waals surface area contributed by atoms with Crippen LogP contribution in [0.3, 0.4) is 0 Å². The van der Waals surface area contributed by atoms with Crippen molar-refractivity contribution in [3.63, 3.8) is 0 Å². The van der Waals surface area contributed by atoms with Gasteiger partial charge in [0.25, 0.3) is 0 Å². The molecule has 0 spiro atoms. The van der Waals surface area contributed by atoms with E-state index in [9.17, 15) is 40.2 Å². The fourth-order valence-electron chi connectivity index (χ4n) is 4.17. The van der Waals surface area contributed by atoms with Crippen LogP contribution in [0.4, 0.5) is 0 Å². The Kier molecular flexibility index (Phi) is 10.9. The van der Waals surface area contributed by atoms with Gasteiger partial charge >= 0.3 is 0 Å². The summed E-state index contributed by atoms with van der Waals surface area (Å²) in [5.74, 6) is -0.960. The summed E-state index contributed by atoms with van der Waals surface area (Å²) in [4.78, 5) is 23.0. The second-order valence-corrected chi connectivity index (χ2v) is 9.02. The van der Waals surface area contributed by atoms with Crippen LogP contribution in [0, 0.1) is 0 Å². The third kappa shape index (κ3) is 7.41. The van der Waals surface area contributed by atoms with E-state index in [2.05, 4.69) is 20.9 Å². The molecule has 1 aromatic heterocycles. The summed E-state index contributed by atoms with van der Waals surface area (Å²) in [5, 5.41) is 72.4. The average Bonchev–Trinajstić information content (AvgIpc) is 3.33. The van der Waals surface area contributed by atoms with Gasteiger partial charge in [-0.3, -0.25) is 9.59 Å². The number of hydrogen-bond acceptors (Lipinski definition) is 14. The Labute approximate surface area is 217 Å². The minimum Gasteiger partial charge on any atom is -0.394 e. The number of aromatic nitrogens is 3. The van der Waals surface area contributed by atoms with E-state index in [1.54, 1.807) is 0 Å². The highest BCUT2D eigenvalue weighted by atomic mass is 16.7. The molecule has 3 heterocycles. The first-order valence-electron chi connectivity index (χ1n) is 12.0. The van der Waals surface area contributed by atoms with Crippen LogP contribution in [-0.2, 0) is 41.7 Å². The second kappa shape index (κ2) is 13.7. The number of nitrogens with one attached hydrogen (secondary N) is 2. The molecule has 0 saturated carbocycles. The maximum absolute atomic E-state index is 11.5. The van der Waals surface area contributed by atoms with Crippen molar-refractivity contribution in [2.45, 2.75) is 88.3 Å². The van der Waals surface area contributed by atoms with E-state index in [1.807, 2.05) is 0 Å². The predicted octanol–water partition coefficient (Wildman–Crippen LogP) is -5.30. The third-order valence-electron chi connectivity index (χ3n) is 6.09. The molecule has 2 aliphatic heterocycles. The number of hydrogen-bond donors (Lipinski definition) is 8. The Morgan fingerprint density at radius 3 is 1.87 bits per heavy atom. The molecule has 38 heavy (non-hydrogen) atoms. The number of aliphatic hydroxyl groups excluding tert-OH is 6. The molecule has 10 atom stereocenters. The van der Waals surface area contributed by atoms with Crippen molar-refractivity contribution >= 4 is 11.8 Å². The third-order valence-corrected chi connectivity index (χ3v) is 6.09. The SMILES string of the molecule is CC(=O)N[C@H]1[C@@H](OCCn2cc(CO[C@H]3O[C@H](CO)[C@@H](O)[C@H](O)[C@H]3NC(C)=O)nn2)O[C@H](CO)[C@@H](O)[C@@H]1O. The van der Waals surface area contributed by atoms with E-state index in [1.165, 1.54) is 24.7 Å². The number of aliphatic hydroxyl groups is 6. The van der Waals surface area contributed by atoms with Crippen molar-refractivity contribution in [1.82, 2.24) is 25.6 Å². The molecule has 2 aliphatic rings. The fourth-order valence-corrected chi connectivity index (χ4v) is 4.17. The summed E-state index contributed by atoms with van der Waals surface area (Å²) >= 11 is 0. The van der Waals surface area contributed by atoms with Crippen LogP contribution >= 0.6 is 0 Å². The number of rotatable bonds is 11. The Morgan fingerprint density at radius 2 is 1.39 bits per heavy atom. The standard InChI is InChI=1S/C21H35N5O12/c1-9(29)22-14-18(33)16(31)12(6-27)37-20(14)35-4-3-26-5-11(24-25-26)8-36-21-15(23-10(2)30)19(34)17(32)13(7-28)38-21/h5,12-21,27-28,31-34H,3-4,6-8H2,1-2H3,(H,22,29)(H,23,30)/t12-,13-,14-,15-,16-,17-,18-,19-,20+,21+/m1/s1. The lowest BCUT2D eigenvalue weighted by atomic mass is 9.97. The van der Waals surface area contributed by atoms with Crippen molar-refractivity contribution < 1.29 is 59.2 Å². The lowest BCUT2D eigenvalue weighted by Gasteiger charge is -2.42. The predicted molar refractivity (Wildman–Crippen MR) is 121 cm³/mol. The van der Waals surface area contributed by atoms with Crippen LogP contribution in [0.25, 0.3) is 0 Å². The largest absolute Gasteiger partial charge is 0.394 e. The second-order valence-electron chi connectivity index (χ2n) is 9.02. The number of carbonyl (C=O) groups excluding carboxylic acids is 2. The molecule has 17 nitrogen and oxygen atoms in total. The van der Waals surface area contributed by atoms with Gasteiger partial charge in [-0.05, 0) is 0 Å². The fraction of sp³-hybridized carbons (Fsp3) is 0.810. The molecule has 8 N–H and O–H groups in total. The molecule has 3 rings (SSSR count). The zero-order chi connectivity index (χ0) is 28.0. The number of amides is 2. The lowest BCUT2D eigenvalue weighted by molar-refractivity contribution is -0.273. The summed E-state index contributed by atoms with van der Waals surface area (Å²) in [6.45, 7) is 1.31. The maximum atomic E-state index is 11.5. The molecule has 0 aromatic carbocycles. The number of ether oxygens (including phenoxy) is 4. The molecule has 0 radical (unpaired) electrons. The van der Waals surface area contributed by atoms with E-state index >= 15 is 0 Å². The molecule has 0 aliphatic carbocycles. The van der Waals surface area contributed by atoms with E-state index in [4.69, 9.17) is 18.9 Å². The monoisotopic (exact) mass is 549 g/mol. The summed E-state index contributed by atoms with van der Waals surface area (Å²) in [5.41, 5.74) is 0.347. The Balaban J connectivity index is 1.55. The Morgan fingerprint density at radius 1 is 0.895 bits per heavy atom. The van der Waals surface area contributed by atoms with Gasteiger partial charge < -0.3 is 60.2 Å². The molecule has 216 valence electrons. The van der Waals surface area contributed by atoms with Gasteiger partial charge in [-0.15, -0.1) is 5.10 Å². The van der Waals surface area contributed by atoms with Gasteiger partial charge in [0.15, 0.2) is 12.6 Å². The highest BCUT2D eigenvalue weighted by molar-refractivity contribution is 5.73. The quantitative estimate of drug-likeness (QED) is 0.128. The summed E-state index contributed by atoms with van der Waals surface area (Å²) in [7, 11) is 0. The van der Waals surface area contributed by atoms with Crippen molar-refractivity contribution in [2.75, 3.05) is 19.8 Å². The first kappa shape index (κ1) is 30.2. The Bertz CT molecular complexity index is 921. The van der Waals surface area contributed by atoms with Crippen molar-refractivity contribution in [3.05, 3.63) is 11.9 Å². The van der Waals surface area contributed by atoms with Gasteiger partial charge in [-0.1, -0.05) is 5.21 Å². The van der Waals surface area contributed by atoms with Gasteiger partial charge in [0.1, 0.15) is 54.4 Å². The average molecular weight is 550 g/mol. The van der Waals surface area contributed by atoms with Crippen molar-refractivity contribution in [2.24, 2.45) is 0 Å². The van der Waals surface area contributed by atoms with E-state index < -0.39 is 86.3 Å². The molecule has 1 aromatic rings. The van der Waals surface area contributed by atoms with Crippen LogP contribution in [0.15, 0.2) is 6.20 Å². The molecule has 2 amide bonds. The van der Waals surface area contributed by atoms with Crippen molar-refractivity contribution in [3.8, 4) is 0 Å². The van der Waals surface area contributed by atoms with Crippen LogP contribution in [0.5, 0.6) is 0 Å². The zero-order valence-corrected chi connectivity index (χ0v) is 20.9. The van der Waals surface area contributed by atoms with Crippen molar-refractivity contribution in [1.29, 1.82) is 0 Å². The summed E-state index contributed by atoms with van der Waals surface area (Å²) in [6.07, 6.45) is -8.80. The minimum absolute atomic E-state index is 0.00995. The van der Waals surface area contributed by atoms with E-state index in [-0.39, 0.29) is 19.8 Å². The van der Waals surface area contributed by atoms with Gasteiger partial charge in [0.2, 0.25) is 11.8 Å². The van der Waals surface area contributed by atoms with Crippen LogP contribution in [-0.4, -0.2) is 139 Å². The first-order valence-corrected chi connectivity index (χ1v) is 12.0. The molecular formula is C21H35N5O12. The maximum Gasteiger partial charge on any atom is 0.217 e. The lowest BCUT2D eigenvalue weighted by Crippen LogP contribution is -2.64. The highest BCUT2D eigenvalue weighted by Gasteiger charge is 2.46. The van der Waals surface area contributed by atoms with Gasteiger partial charge in [0.05, 0.1) is 39.2 Å². The molecular weight excluding hydrogens is 514 g/mol. The smallest absolute Gasteiger partial charge is 0.217 e. The molecule has 2 saturated heterocycles. The first-order chi connectivity index (χ1) is 18.0. The zero-order valence-electron chi connectivity index (χ0n) is 20.9.